The smallest absolute Gasteiger partial charge is 0.271 e. The molecule has 0 spiro atoms. The molecule has 172 valence electrons. The van der Waals surface area contributed by atoms with E-state index in [4.69, 9.17) is 9.47 Å². The van der Waals surface area contributed by atoms with Crippen LogP contribution in [-0.2, 0) is 10.0 Å². The summed E-state index contributed by atoms with van der Waals surface area (Å²) in [6.45, 7) is 0. The Morgan fingerprint density at radius 2 is 1.70 bits per heavy atom. The van der Waals surface area contributed by atoms with Crippen molar-refractivity contribution in [3.8, 4) is 11.5 Å². The van der Waals surface area contributed by atoms with Crippen molar-refractivity contribution in [3.63, 3.8) is 0 Å². The maximum absolute atomic E-state index is 12.7. The molecule has 33 heavy (non-hydrogen) atoms. The first-order valence-corrected chi connectivity index (χ1v) is 11.9. The van der Waals surface area contributed by atoms with Gasteiger partial charge in [0.2, 0.25) is 0 Å². The summed E-state index contributed by atoms with van der Waals surface area (Å²) in [6, 6.07) is 17.8. The Balaban J connectivity index is 1.69. The highest BCUT2D eigenvalue weighted by molar-refractivity contribution is 9.10. The lowest BCUT2D eigenvalue weighted by atomic mass is 10.2. The van der Waals surface area contributed by atoms with Gasteiger partial charge in [-0.05, 0) is 70.0 Å². The van der Waals surface area contributed by atoms with E-state index < -0.39 is 15.9 Å². The third kappa shape index (κ3) is 5.52. The lowest BCUT2D eigenvalue weighted by molar-refractivity contribution is 0.0955. The molecular formula is C23H22BrN3O5S. The number of hydrogen-bond acceptors (Lipinski definition) is 6. The van der Waals surface area contributed by atoms with E-state index >= 15 is 0 Å². The maximum Gasteiger partial charge on any atom is 0.271 e. The molecule has 0 heterocycles. The number of hydrogen-bond donors (Lipinski definition) is 1. The fourth-order valence-electron chi connectivity index (χ4n) is 2.95. The molecule has 0 saturated carbocycles. The minimum atomic E-state index is -3.70. The van der Waals surface area contributed by atoms with Crippen molar-refractivity contribution in [2.45, 2.75) is 4.90 Å². The molecule has 0 aliphatic heterocycles. The molecule has 10 heteroatoms. The summed E-state index contributed by atoms with van der Waals surface area (Å²) in [5, 5.41) is 3.98. The Hall–Kier alpha value is -3.37. The van der Waals surface area contributed by atoms with Gasteiger partial charge in [0.25, 0.3) is 15.9 Å². The van der Waals surface area contributed by atoms with Crippen LogP contribution in [0.1, 0.15) is 15.9 Å². The Morgan fingerprint density at radius 1 is 1.03 bits per heavy atom. The molecule has 0 aromatic heterocycles. The molecule has 0 aliphatic rings. The Bertz CT molecular complexity index is 1260. The Morgan fingerprint density at radius 3 is 2.30 bits per heavy atom. The van der Waals surface area contributed by atoms with E-state index in [-0.39, 0.29) is 4.90 Å². The number of rotatable bonds is 8. The molecule has 0 fully saturated rings. The van der Waals surface area contributed by atoms with Gasteiger partial charge in [-0.2, -0.15) is 5.10 Å². The predicted molar refractivity (Wildman–Crippen MR) is 131 cm³/mol. The summed E-state index contributed by atoms with van der Waals surface area (Å²) in [4.78, 5) is 12.6. The van der Waals surface area contributed by atoms with Crippen LogP contribution in [-0.4, -0.2) is 41.8 Å². The van der Waals surface area contributed by atoms with Crippen molar-refractivity contribution in [2.75, 3.05) is 25.6 Å². The van der Waals surface area contributed by atoms with Gasteiger partial charge in [0.05, 0.1) is 35.5 Å². The van der Waals surface area contributed by atoms with Crippen molar-refractivity contribution in [2.24, 2.45) is 5.10 Å². The van der Waals surface area contributed by atoms with E-state index in [0.717, 1.165) is 4.31 Å². The molecule has 0 atom stereocenters. The molecule has 3 rings (SSSR count). The van der Waals surface area contributed by atoms with Crippen LogP contribution in [0.3, 0.4) is 0 Å². The molecule has 0 bridgehead atoms. The first kappa shape index (κ1) is 24.3. The van der Waals surface area contributed by atoms with Crippen LogP contribution >= 0.6 is 15.9 Å². The summed E-state index contributed by atoms with van der Waals surface area (Å²) in [5.74, 6) is 0.633. The highest BCUT2D eigenvalue weighted by Crippen LogP contribution is 2.35. The van der Waals surface area contributed by atoms with Gasteiger partial charge in [0.1, 0.15) is 0 Å². The van der Waals surface area contributed by atoms with Gasteiger partial charge in [0.15, 0.2) is 11.5 Å². The number of nitrogens with zero attached hydrogens (tertiary/aromatic N) is 2. The SMILES string of the molecule is COc1cc(/C=N\NC(=O)c2ccc(N(C)S(=O)(=O)c3ccccc3)cc2)cc(Br)c1OC. The quantitative estimate of drug-likeness (QED) is 0.349. The summed E-state index contributed by atoms with van der Waals surface area (Å²) >= 11 is 3.40. The van der Waals surface area contributed by atoms with Gasteiger partial charge in [0, 0.05) is 12.6 Å². The highest BCUT2D eigenvalue weighted by Gasteiger charge is 2.21. The third-order valence-electron chi connectivity index (χ3n) is 4.73. The molecule has 3 aromatic carbocycles. The number of halogens is 1. The average Bonchev–Trinajstić information content (AvgIpc) is 2.83. The van der Waals surface area contributed by atoms with Gasteiger partial charge >= 0.3 is 0 Å². The second kappa shape index (κ2) is 10.5. The Labute approximate surface area is 201 Å². The van der Waals surface area contributed by atoms with Gasteiger partial charge in [-0.15, -0.1) is 0 Å². The maximum atomic E-state index is 12.7. The van der Waals surface area contributed by atoms with Gasteiger partial charge in [-0.1, -0.05) is 18.2 Å². The van der Waals surface area contributed by atoms with E-state index in [1.165, 1.54) is 51.7 Å². The lowest BCUT2D eigenvalue weighted by Crippen LogP contribution is -2.26. The number of nitrogens with one attached hydrogen (secondary N) is 1. The molecule has 0 aliphatic carbocycles. The van der Waals surface area contributed by atoms with Crippen LogP contribution in [0.2, 0.25) is 0 Å². The van der Waals surface area contributed by atoms with E-state index in [1.807, 2.05) is 0 Å². The summed E-state index contributed by atoms with van der Waals surface area (Å²) in [7, 11) is 0.829. The fraction of sp³-hybridized carbons (Fsp3) is 0.130. The van der Waals surface area contributed by atoms with Crippen molar-refractivity contribution in [1.82, 2.24) is 5.43 Å². The van der Waals surface area contributed by atoms with E-state index in [0.29, 0.717) is 32.8 Å². The zero-order valence-electron chi connectivity index (χ0n) is 18.2. The zero-order valence-corrected chi connectivity index (χ0v) is 20.6. The van der Waals surface area contributed by atoms with Crippen molar-refractivity contribution in [1.29, 1.82) is 0 Å². The standard InChI is InChI=1S/C23H22BrN3O5S/c1-27(33(29,30)19-7-5-4-6-8-19)18-11-9-17(10-12-18)23(28)26-25-15-16-13-20(24)22(32-3)21(14-16)31-2/h4-15H,1-3H3,(H,26,28)/b25-15-. The number of carbonyl (C=O) groups excluding carboxylic acids is 1. The normalized spacial score (nSPS) is 11.3. The van der Waals surface area contributed by atoms with Crippen molar-refractivity contribution < 1.29 is 22.7 Å². The number of sulfonamides is 1. The van der Waals surface area contributed by atoms with Crippen molar-refractivity contribution in [3.05, 3.63) is 82.3 Å². The van der Waals surface area contributed by atoms with E-state index in [1.54, 1.807) is 42.5 Å². The highest BCUT2D eigenvalue weighted by atomic mass is 79.9. The van der Waals surface area contributed by atoms with Crippen LogP contribution in [0.15, 0.2) is 81.2 Å². The van der Waals surface area contributed by atoms with Gasteiger partial charge in [-0.25, -0.2) is 13.8 Å². The largest absolute Gasteiger partial charge is 0.493 e. The van der Waals surface area contributed by atoms with Crippen molar-refractivity contribution >= 4 is 43.8 Å². The monoisotopic (exact) mass is 531 g/mol. The van der Waals surface area contributed by atoms with Crippen LogP contribution in [0.4, 0.5) is 5.69 Å². The summed E-state index contributed by atoms with van der Waals surface area (Å²) in [5.41, 5.74) is 3.89. The number of methoxy groups -OCH3 is 2. The summed E-state index contributed by atoms with van der Waals surface area (Å²) in [6.07, 6.45) is 1.47. The summed E-state index contributed by atoms with van der Waals surface area (Å²) < 4.78 is 37.9. The fourth-order valence-corrected chi connectivity index (χ4v) is 4.79. The first-order valence-electron chi connectivity index (χ1n) is 9.67. The Kier molecular flexibility index (Phi) is 7.72. The first-order chi connectivity index (χ1) is 15.8. The van der Waals surface area contributed by atoms with Crippen LogP contribution in [0.25, 0.3) is 0 Å². The van der Waals surface area contributed by atoms with E-state index in [2.05, 4.69) is 26.5 Å². The molecule has 1 N–H and O–H groups in total. The lowest BCUT2D eigenvalue weighted by Gasteiger charge is -2.19. The number of amides is 1. The zero-order chi connectivity index (χ0) is 24.0. The van der Waals surface area contributed by atoms with Crippen LogP contribution < -0.4 is 19.2 Å². The molecule has 0 saturated heterocycles. The number of hydrazone groups is 1. The minimum absolute atomic E-state index is 0.186. The topological polar surface area (TPSA) is 97.3 Å². The van der Waals surface area contributed by atoms with E-state index in [9.17, 15) is 13.2 Å². The number of benzene rings is 3. The van der Waals surface area contributed by atoms with Gasteiger partial charge < -0.3 is 9.47 Å². The average molecular weight is 532 g/mol. The molecule has 1 amide bonds. The molecular weight excluding hydrogens is 510 g/mol. The third-order valence-corrected chi connectivity index (χ3v) is 7.12. The molecule has 3 aromatic rings. The number of carbonyl (C=O) groups is 1. The van der Waals surface area contributed by atoms with Crippen LogP contribution in [0, 0.1) is 0 Å². The molecule has 0 unspecified atom stereocenters. The van der Waals surface area contributed by atoms with Gasteiger partial charge in [-0.3, -0.25) is 9.10 Å². The number of anilines is 1. The second-order valence-electron chi connectivity index (χ2n) is 6.77. The predicted octanol–water partition coefficient (Wildman–Crippen LogP) is 4.06. The number of ether oxygens (including phenoxy) is 2. The molecule has 8 nitrogen and oxygen atoms in total. The molecule has 0 radical (unpaired) electrons. The van der Waals surface area contributed by atoms with Crippen LogP contribution in [0.5, 0.6) is 11.5 Å². The second-order valence-corrected chi connectivity index (χ2v) is 9.59. The minimum Gasteiger partial charge on any atom is -0.493 e.